The molecule has 0 unspecified atom stereocenters. The summed E-state index contributed by atoms with van der Waals surface area (Å²) in [6, 6.07) is 12.8. The smallest absolute Gasteiger partial charge is 0.262 e. The van der Waals surface area contributed by atoms with Crippen LogP contribution in [0.3, 0.4) is 0 Å². The number of anilines is 1. The third-order valence-electron chi connectivity index (χ3n) is 2.85. The quantitative estimate of drug-likeness (QED) is 0.925. The van der Waals surface area contributed by atoms with E-state index in [-0.39, 0.29) is 12.5 Å². The normalized spacial score (nSPS) is 10.2. The number of benzene rings is 2. The van der Waals surface area contributed by atoms with Crippen LogP contribution in [-0.2, 0) is 4.79 Å². The molecule has 1 N–H and O–H groups in total. The highest BCUT2D eigenvalue weighted by molar-refractivity contribution is 6.30. The maximum Gasteiger partial charge on any atom is 0.262 e. The molecule has 0 aromatic heterocycles. The second-order valence-electron chi connectivity index (χ2n) is 4.61. The second kappa shape index (κ2) is 6.44. The van der Waals surface area contributed by atoms with Gasteiger partial charge in [0.2, 0.25) is 0 Å². The van der Waals surface area contributed by atoms with E-state index in [1.165, 1.54) is 0 Å². The molecule has 0 saturated carbocycles. The lowest BCUT2D eigenvalue weighted by Crippen LogP contribution is -2.20. The lowest BCUT2D eigenvalue weighted by Gasteiger charge is -2.10. The van der Waals surface area contributed by atoms with Crippen molar-refractivity contribution in [3.05, 3.63) is 58.6 Å². The Bertz CT molecular complexity index is 608. The van der Waals surface area contributed by atoms with Gasteiger partial charge < -0.3 is 10.1 Å². The van der Waals surface area contributed by atoms with E-state index in [1.807, 2.05) is 32.0 Å². The Hall–Kier alpha value is -2.00. The highest BCUT2D eigenvalue weighted by Crippen LogP contribution is 2.17. The van der Waals surface area contributed by atoms with Crippen molar-refractivity contribution in [3.8, 4) is 5.75 Å². The first-order valence-corrected chi connectivity index (χ1v) is 6.68. The molecule has 2 aromatic carbocycles. The molecule has 0 aliphatic carbocycles. The predicted molar refractivity (Wildman–Crippen MR) is 81.5 cm³/mol. The van der Waals surface area contributed by atoms with Gasteiger partial charge in [-0.3, -0.25) is 4.79 Å². The van der Waals surface area contributed by atoms with Crippen LogP contribution in [0.5, 0.6) is 5.75 Å². The molecule has 0 atom stereocenters. The van der Waals surface area contributed by atoms with Gasteiger partial charge >= 0.3 is 0 Å². The minimum Gasteiger partial charge on any atom is -0.484 e. The average Bonchev–Trinajstić information content (AvgIpc) is 2.42. The summed E-state index contributed by atoms with van der Waals surface area (Å²) in [7, 11) is 0. The second-order valence-corrected chi connectivity index (χ2v) is 5.05. The molecule has 0 bridgehead atoms. The van der Waals surface area contributed by atoms with E-state index < -0.39 is 0 Å². The number of rotatable bonds is 4. The molecule has 20 heavy (non-hydrogen) atoms. The van der Waals surface area contributed by atoms with E-state index in [1.54, 1.807) is 24.3 Å². The number of hydrogen-bond acceptors (Lipinski definition) is 2. The van der Waals surface area contributed by atoms with Gasteiger partial charge in [-0.1, -0.05) is 23.7 Å². The SMILES string of the molecule is Cc1ccc(C)c(NC(=O)COc2ccc(Cl)cc2)c1. The van der Waals surface area contributed by atoms with Crippen LogP contribution in [0.15, 0.2) is 42.5 Å². The van der Waals surface area contributed by atoms with E-state index in [2.05, 4.69) is 5.32 Å². The lowest BCUT2D eigenvalue weighted by atomic mass is 10.1. The summed E-state index contributed by atoms with van der Waals surface area (Å²) < 4.78 is 5.39. The number of ether oxygens (including phenoxy) is 1. The van der Waals surface area contributed by atoms with Gasteiger partial charge in [0, 0.05) is 10.7 Å². The van der Waals surface area contributed by atoms with Crippen molar-refractivity contribution in [1.82, 2.24) is 0 Å². The van der Waals surface area contributed by atoms with Crippen LogP contribution in [0.2, 0.25) is 5.02 Å². The molecule has 1 amide bonds. The third-order valence-corrected chi connectivity index (χ3v) is 3.10. The molecular formula is C16H16ClNO2. The van der Waals surface area contributed by atoms with Crippen molar-refractivity contribution in [3.63, 3.8) is 0 Å². The van der Waals surface area contributed by atoms with Crippen LogP contribution in [0.1, 0.15) is 11.1 Å². The van der Waals surface area contributed by atoms with Crippen molar-refractivity contribution in [2.75, 3.05) is 11.9 Å². The molecule has 3 nitrogen and oxygen atoms in total. The molecule has 0 aliphatic rings. The van der Waals surface area contributed by atoms with Crippen molar-refractivity contribution >= 4 is 23.2 Å². The topological polar surface area (TPSA) is 38.3 Å². The molecule has 0 fully saturated rings. The van der Waals surface area contributed by atoms with Crippen molar-refractivity contribution in [1.29, 1.82) is 0 Å². The Morgan fingerprint density at radius 1 is 1.15 bits per heavy atom. The Morgan fingerprint density at radius 2 is 1.85 bits per heavy atom. The van der Waals surface area contributed by atoms with E-state index in [4.69, 9.17) is 16.3 Å². The van der Waals surface area contributed by atoms with Crippen LogP contribution in [0.4, 0.5) is 5.69 Å². The fourth-order valence-corrected chi connectivity index (χ4v) is 1.86. The monoisotopic (exact) mass is 289 g/mol. The van der Waals surface area contributed by atoms with Crippen molar-refractivity contribution in [2.24, 2.45) is 0 Å². The molecule has 0 aliphatic heterocycles. The van der Waals surface area contributed by atoms with Crippen molar-refractivity contribution < 1.29 is 9.53 Å². The standard InChI is InChI=1S/C16H16ClNO2/c1-11-3-4-12(2)15(9-11)18-16(19)10-20-14-7-5-13(17)6-8-14/h3-9H,10H2,1-2H3,(H,18,19). The zero-order valence-electron chi connectivity index (χ0n) is 11.4. The molecule has 0 heterocycles. The molecular weight excluding hydrogens is 274 g/mol. The fourth-order valence-electron chi connectivity index (χ4n) is 1.74. The van der Waals surface area contributed by atoms with Crippen LogP contribution < -0.4 is 10.1 Å². The summed E-state index contributed by atoms with van der Waals surface area (Å²) >= 11 is 5.78. The largest absolute Gasteiger partial charge is 0.484 e. The van der Waals surface area contributed by atoms with Gasteiger partial charge in [0.15, 0.2) is 6.61 Å². The summed E-state index contributed by atoms with van der Waals surface area (Å²) in [5, 5.41) is 3.48. The number of halogens is 1. The van der Waals surface area contributed by atoms with Gasteiger partial charge in [-0.2, -0.15) is 0 Å². The zero-order chi connectivity index (χ0) is 14.5. The molecule has 4 heteroatoms. The Morgan fingerprint density at radius 3 is 2.55 bits per heavy atom. The van der Waals surface area contributed by atoms with Crippen molar-refractivity contribution in [2.45, 2.75) is 13.8 Å². The number of nitrogens with one attached hydrogen (secondary N) is 1. The van der Waals surface area contributed by atoms with E-state index in [9.17, 15) is 4.79 Å². The van der Waals surface area contributed by atoms with Gasteiger partial charge in [0.1, 0.15) is 5.75 Å². The minimum atomic E-state index is -0.186. The Balaban J connectivity index is 1.92. The third kappa shape index (κ3) is 4.00. The molecule has 0 radical (unpaired) electrons. The number of amides is 1. The Kier molecular flexibility index (Phi) is 4.64. The van der Waals surface area contributed by atoms with Gasteiger partial charge in [0.25, 0.3) is 5.91 Å². The lowest BCUT2D eigenvalue weighted by molar-refractivity contribution is -0.118. The fraction of sp³-hybridized carbons (Fsp3) is 0.188. The van der Waals surface area contributed by atoms with Gasteiger partial charge in [0.05, 0.1) is 0 Å². The molecule has 0 saturated heterocycles. The summed E-state index contributed by atoms with van der Waals surface area (Å²) in [5.74, 6) is 0.430. The van der Waals surface area contributed by atoms with Gasteiger partial charge in [-0.05, 0) is 55.3 Å². The Labute approximate surface area is 123 Å². The van der Waals surface area contributed by atoms with E-state index >= 15 is 0 Å². The van der Waals surface area contributed by atoms with Gasteiger partial charge in [-0.25, -0.2) is 0 Å². The molecule has 2 aromatic rings. The first-order chi connectivity index (χ1) is 9.54. The predicted octanol–water partition coefficient (Wildman–Crippen LogP) is 3.97. The maximum atomic E-state index is 11.9. The van der Waals surface area contributed by atoms with Crippen LogP contribution in [0.25, 0.3) is 0 Å². The summed E-state index contributed by atoms with van der Waals surface area (Å²) in [5.41, 5.74) is 2.94. The highest BCUT2D eigenvalue weighted by atomic mass is 35.5. The summed E-state index contributed by atoms with van der Waals surface area (Å²) in [6.45, 7) is 3.91. The van der Waals surface area contributed by atoms with E-state index in [0.717, 1.165) is 16.8 Å². The number of aryl methyl sites for hydroxylation is 2. The molecule has 0 spiro atoms. The number of carbonyl (C=O) groups is 1. The van der Waals surface area contributed by atoms with Gasteiger partial charge in [-0.15, -0.1) is 0 Å². The van der Waals surface area contributed by atoms with Crippen LogP contribution >= 0.6 is 11.6 Å². The number of carbonyl (C=O) groups excluding carboxylic acids is 1. The van der Waals surface area contributed by atoms with Crippen LogP contribution in [-0.4, -0.2) is 12.5 Å². The van der Waals surface area contributed by atoms with Crippen LogP contribution in [0, 0.1) is 13.8 Å². The minimum absolute atomic E-state index is 0.0327. The molecule has 2 rings (SSSR count). The summed E-state index contributed by atoms with van der Waals surface area (Å²) in [4.78, 5) is 11.9. The maximum absolute atomic E-state index is 11.9. The number of hydrogen-bond donors (Lipinski definition) is 1. The van der Waals surface area contributed by atoms with E-state index in [0.29, 0.717) is 10.8 Å². The average molecular weight is 290 g/mol. The first kappa shape index (κ1) is 14.4. The highest BCUT2D eigenvalue weighted by Gasteiger charge is 2.06. The first-order valence-electron chi connectivity index (χ1n) is 6.30. The zero-order valence-corrected chi connectivity index (χ0v) is 12.2. The molecule has 104 valence electrons. The summed E-state index contributed by atoms with van der Waals surface area (Å²) in [6.07, 6.45) is 0.